The van der Waals surface area contributed by atoms with Gasteiger partial charge in [0.15, 0.2) is 0 Å². The molecule has 1 aromatic carbocycles. The standard InChI is InChI=1S/C21H19N3O2/c1-26-14-5-2-12(3-6-14)18-10-16-13(11-23-18)4-7-15-19-17(24-20(15)16)8-9-22-21(19)25/h2-3,5-6,10-11,24H,4,7-9H2,1H3,(H,22,25). The van der Waals surface area contributed by atoms with Crippen molar-refractivity contribution in [2.45, 2.75) is 19.3 Å². The maximum atomic E-state index is 12.3. The first-order valence-corrected chi connectivity index (χ1v) is 8.90. The molecule has 2 N–H and O–H groups in total. The molecule has 0 radical (unpaired) electrons. The molecule has 0 unspecified atom stereocenters. The number of benzene rings is 1. The van der Waals surface area contributed by atoms with Crippen LogP contribution in [0.15, 0.2) is 36.5 Å². The smallest absolute Gasteiger partial charge is 0.253 e. The lowest BCUT2D eigenvalue weighted by atomic mass is 9.88. The highest BCUT2D eigenvalue weighted by Crippen LogP contribution is 2.38. The second-order valence-corrected chi connectivity index (χ2v) is 6.79. The van der Waals surface area contributed by atoms with Crippen LogP contribution in [0.25, 0.3) is 22.5 Å². The van der Waals surface area contributed by atoms with Crippen LogP contribution in [-0.2, 0) is 19.3 Å². The topological polar surface area (TPSA) is 67.0 Å². The molecule has 1 aliphatic heterocycles. The van der Waals surface area contributed by atoms with E-state index in [1.54, 1.807) is 7.11 Å². The number of pyridine rings is 1. The molecule has 130 valence electrons. The molecule has 0 fully saturated rings. The zero-order valence-electron chi connectivity index (χ0n) is 14.6. The lowest BCUT2D eigenvalue weighted by Gasteiger charge is -2.18. The van der Waals surface area contributed by atoms with Crippen molar-refractivity contribution in [1.82, 2.24) is 15.3 Å². The fourth-order valence-electron chi connectivity index (χ4n) is 4.02. The number of H-pyrrole nitrogens is 1. The second-order valence-electron chi connectivity index (χ2n) is 6.79. The van der Waals surface area contributed by atoms with E-state index in [4.69, 9.17) is 4.74 Å². The molecule has 26 heavy (non-hydrogen) atoms. The number of amides is 1. The molecule has 0 saturated carbocycles. The van der Waals surface area contributed by atoms with Crippen LogP contribution in [0.3, 0.4) is 0 Å². The number of fused-ring (bicyclic) bond motifs is 5. The lowest BCUT2D eigenvalue weighted by Crippen LogP contribution is -2.32. The Hall–Kier alpha value is -3.08. The summed E-state index contributed by atoms with van der Waals surface area (Å²) < 4.78 is 5.24. The Morgan fingerprint density at radius 3 is 2.77 bits per heavy atom. The highest BCUT2D eigenvalue weighted by molar-refractivity contribution is 6.00. The van der Waals surface area contributed by atoms with E-state index in [1.165, 1.54) is 5.56 Å². The number of ether oxygens (including phenoxy) is 1. The lowest BCUT2D eigenvalue weighted by molar-refractivity contribution is 0.0945. The van der Waals surface area contributed by atoms with Gasteiger partial charge in [-0.25, -0.2) is 0 Å². The number of aromatic amines is 1. The summed E-state index contributed by atoms with van der Waals surface area (Å²) in [7, 11) is 1.66. The predicted octanol–water partition coefficient (Wildman–Crippen LogP) is 3.14. The van der Waals surface area contributed by atoms with E-state index in [0.29, 0.717) is 6.54 Å². The molecular formula is C21H19N3O2. The Bertz CT molecular complexity index is 1020. The van der Waals surface area contributed by atoms with Crippen LogP contribution in [0.1, 0.15) is 27.2 Å². The van der Waals surface area contributed by atoms with Crippen molar-refractivity contribution < 1.29 is 9.53 Å². The van der Waals surface area contributed by atoms with E-state index < -0.39 is 0 Å². The number of hydrogen-bond donors (Lipinski definition) is 2. The van der Waals surface area contributed by atoms with Crippen molar-refractivity contribution in [2.24, 2.45) is 0 Å². The van der Waals surface area contributed by atoms with Crippen molar-refractivity contribution >= 4 is 5.91 Å². The summed E-state index contributed by atoms with van der Waals surface area (Å²) in [6.45, 7) is 0.700. The van der Waals surface area contributed by atoms with E-state index >= 15 is 0 Å². The highest BCUT2D eigenvalue weighted by Gasteiger charge is 2.29. The summed E-state index contributed by atoms with van der Waals surface area (Å²) >= 11 is 0. The first-order chi connectivity index (χ1) is 12.7. The molecule has 1 amide bonds. The minimum atomic E-state index is 0.0524. The third kappa shape index (κ3) is 2.24. The van der Waals surface area contributed by atoms with Gasteiger partial charge >= 0.3 is 0 Å². The van der Waals surface area contributed by atoms with Crippen molar-refractivity contribution in [2.75, 3.05) is 13.7 Å². The summed E-state index contributed by atoms with van der Waals surface area (Å²) in [5.74, 6) is 0.883. The zero-order chi connectivity index (χ0) is 17.7. The quantitative estimate of drug-likeness (QED) is 0.750. The normalized spacial score (nSPS) is 14.9. The summed E-state index contributed by atoms with van der Waals surface area (Å²) in [6, 6.07) is 10.1. The first kappa shape index (κ1) is 15.2. The van der Waals surface area contributed by atoms with Gasteiger partial charge in [0.05, 0.1) is 24.1 Å². The molecule has 5 nitrogen and oxygen atoms in total. The van der Waals surface area contributed by atoms with E-state index in [0.717, 1.165) is 64.3 Å². The number of nitrogens with one attached hydrogen (secondary N) is 2. The van der Waals surface area contributed by atoms with Crippen molar-refractivity contribution in [3.63, 3.8) is 0 Å². The number of aromatic nitrogens is 2. The van der Waals surface area contributed by atoms with Crippen LogP contribution >= 0.6 is 0 Å². The van der Waals surface area contributed by atoms with Gasteiger partial charge in [0, 0.05) is 36.0 Å². The van der Waals surface area contributed by atoms with Gasteiger partial charge in [0.1, 0.15) is 5.75 Å². The SMILES string of the molecule is COc1ccc(-c2cc3c(cn2)CCc2c-3[nH]c3c2C(=O)NCC3)cc1. The average Bonchev–Trinajstić information content (AvgIpc) is 3.08. The summed E-state index contributed by atoms with van der Waals surface area (Å²) in [5.41, 5.74) is 8.53. The third-order valence-corrected chi connectivity index (χ3v) is 5.35. The molecule has 5 heteroatoms. The molecule has 0 bridgehead atoms. The van der Waals surface area contributed by atoms with Crippen LogP contribution in [0, 0.1) is 0 Å². The van der Waals surface area contributed by atoms with Crippen LogP contribution in [0.5, 0.6) is 5.75 Å². The molecule has 2 aliphatic rings. The van der Waals surface area contributed by atoms with Gasteiger partial charge in [-0.15, -0.1) is 0 Å². The third-order valence-electron chi connectivity index (χ3n) is 5.35. The Kier molecular flexibility index (Phi) is 3.35. The van der Waals surface area contributed by atoms with Crippen LogP contribution in [0.4, 0.5) is 0 Å². The monoisotopic (exact) mass is 345 g/mol. The zero-order valence-corrected chi connectivity index (χ0v) is 14.6. The van der Waals surface area contributed by atoms with Gasteiger partial charge < -0.3 is 15.0 Å². The Morgan fingerprint density at radius 1 is 1.12 bits per heavy atom. The molecule has 2 aromatic heterocycles. The summed E-state index contributed by atoms with van der Waals surface area (Å²) in [6.07, 6.45) is 4.62. The van der Waals surface area contributed by atoms with Crippen molar-refractivity contribution in [3.8, 4) is 28.3 Å². The highest BCUT2D eigenvalue weighted by atomic mass is 16.5. The summed E-state index contributed by atoms with van der Waals surface area (Å²) in [4.78, 5) is 20.5. The van der Waals surface area contributed by atoms with Gasteiger partial charge in [0.2, 0.25) is 0 Å². The number of methoxy groups -OCH3 is 1. The van der Waals surface area contributed by atoms with Gasteiger partial charge in [-0.2, -0.15) is 0 Å². The minimum Gasteiger partial charge on any atom is -0.497 e. The fourth-order valence-corrected chi connectivity index (χ4v) is 4.02. The van der Waals surface area contributed by atoms with Gasteiger partial charge in [-0.1, -0.05) is 0 Å². The van der Waals surface area contributed by atoms with E-state index in [2.05, 4.69) is 21.4 Å². The number of hydrogen-bond acceptors (Lipinski definition) is 3. The Balaban J connectivity index is 1.63. The van der Waals surface area contributed by atoms with Gasteiger partial charge in [0.25, 0.3) is 5.91 Å². The van der Waals surface area contributed by atoms with Crippen molar-refractivity contribution in [1.29, 1.82) is 0 Å². The van der Waals surface area contributed by atoms with Crippen molar-refractivity contribution in [3.05, 3.63) is 58.9 Å². The van der Waals surface area contributed by atoms with E-state index in [1.807, 2.05) is 30.5 Å². The maximum Gasteiger partial charge on any atom is 0.253 e. The van der Waals surface area contributed by atoms with E-state index in [9.17, 15) is 4.79 Å². The molecule has 1 aliphatic carbocycles. The number of aryl methyl sites for hydroxylation is 1. The number of carbonyl (C=O) groups is 1. The van der Waals surface area contributed by atoms with Crippen LogP contribution in [-0.4, -0.2) is 29.5 Å². The molecule has 3 heterocycles. The number of rotatable bonds is 2. The minimum absolute atomic E-state index is 0.0524. The second kappa shape index (κ2) is 5.73. The largest absolute Gasteiger partial charge is 0.497 e. The maximum absolute atomic E-state index is 12.3. The number of nitrogens with zero attached hydrogens (tertiary/aromatic N) is 1. The summed E-state index contributed by atoms with van der Waals surface area (Å²) in [5, 5.41) is 2.96. The molecular weight excluding hydrogens is 326 g/mol. The first-order valence-electron chi connectivity index (χ1n) is 8.90. The van der Waals surface area contributed by atoms with Gasteiger partial charge in [-0.05, 0) is 54.3 Å². The van der Waals surface area contributed by atoms with Gasteiger partial charge in [-0.3, -0.25) is 9.78 Å². The predicted molar refractivity (Wildman–Crippen MR) is 99.5 cm³/mol. The molecule has 0 saturated heterocycles. The molecule has 5 rings (SSSR count). The van der Waals surface area contributed by atoms with Crippen LogP contribution in [0.2, 0.25) is 0 Å². The number of carbonyl (C=O) groups excluding carboxylic acids is 1. The Morgan fingerprint density at radius 2 is 1.96 bits per heavy atom. The molecule has 3 aromatic rings. The molecule has 0 atom stereocenters. The van der Waals surface area contributed by atoms with E-state index in [-0.39, 0.29) is 5.91 Å². The Labute approximate surface area is 151 Å². The average molecular weight is 345 g/mol. The van der Waals surface area contributed by atoms with Crippen LogP contribution < -0.4 is 10.1 Å². The fraction of sp³-hybridized carbons (Fsp3) is 0.238. The molecule has 0 spiro atoms.